The van der Waals surface area contributed by atoms with E-state index < -0.39 is 0 Å². The number of nitrogens with zero attached hydrogens (tertiary/aromatic N) is 3. The average molecular weight is 349 g/mol. The number of nitriles is 1. The number of nitrogens with one attached hydrogen (secondary N) is 1. The molecular weight excluding hydrogens is 335 g/mol. The first-order valence-electron chi connectivity index (χ1n) is 6.69. The van der Waals surface area contributed by atoms with Crippen molar-refractivity contribution in [2.75, 3.05) is 12.5 Å². The molecule has 0 saturated carbocycles. The minimum Gasteiger partial charge on any atom is -0.380 e. The molecule has 0 unspecified atom stereocenters. The topological polar surface area (TPSA) is 70.3 Å². The second-order valence-corrected chi connectivity index (χ2v) is 5.55. The predicted octanol–water partition coefficient (Wildman–Crippen LogP) is 4.16. The maximum absolute atomic E-state index is 9.33. The predicted molar refractivity (Wildman–Crippen MR) is 92.1 cm³/mol. The highest BCUT2D eigenvalue weighted by atomic mass is 35.5. The molecule has 0 aliphatic carbocycles. The number of halogens is 2. The zero-order valence-electron chi connectivity index (χ0n) is 12.6. The Kier molecular flexibility index (Phi) is 5.94. The van der Waals surface area contributed by atoms with Crippen LogP contribution in [0.4, 0.5) is 5.82 Å². The van der Waals surface area contributed by atoms with E-state index in [4.69, 9.17) is 27.9 Å². The number of hydrogen-bond acceptors (Lipinski definition) is 5. The molecule has 1 heterocycles. The molecule has 0 radical (unpaired) electrons. The number of anilines is 1. The third kappa shape index (κ3) is 4.42. The number of methoxy groups -OCH3 is 1. The molecule has 23 heavy (non-hydrogen) atoms. The highest BCUT2D eigenvalue weighted by molar-refractivity contribution is 6.42. The summed E-state index contributed by atoms with van der Waals surface area (Å²) < 4.78 is 5.11. The van der Waals surface area contributed by atoms with E-state index in [0.717, 1.165) is 16.8 Å². The summed E-state index contributed by atoms with van der Waals surface area (Å²) in [6, 6.07) is 9.10. The standard InChI is InChI=1S/C16H14Cl2N4O/c1-10-5-12(9-23-2)13(7-19)16(21-10)22-20-8-11-3-4-14(17)15(18)6-11/h3-6,8H,9H2,1-2H3,(H,21,22). The third-order valence-electron chi connectivity index (χ3n) is 2.97. The number of rotatable bonds is 5. The van der Waals surface area contributed by atoms with Crippen molar-refractivity contribution >= 4 is 35.2 Å². The van der Waals surface area contributed by atoms with Gasteiger partial charge < -0.3 is 4.74 Å². The fourth-order valence-electron chi connectivity index (χ4n) is 1.98. The van der Waals surface area contributed by atoms with Gasteiger partial charge in [0.15, 0.2) is 5.82 Å². The lowest BCUT2D eigenvalue weighted by Gasteiger charge is -2.09. The number of aryl methyl sites for hydroxylation is 1. The van der Waals surface area contributed by atoms with Gasteiger partial charge in [0, 0.05) is 18.4 Å². The van der Waals surface area contributed by atoms with Crippen LogP contribution in [0, 0.1) is 18.3 Å². The van der Waals surface area contributed by atoms with E-state index in [0.29, 0.717) is 28.0 Å². The summed E-state index contributed by atoms with van der Waals surface area (Å²) in [5.74, 6) is 0.385. The van der Waals surface area contributed by atoms with Crippen LogP contribution < -0.4 is 5.43 Å². The van der Waals surface area contributed by atoms with Gasteiger partial charge in [0.25, 0.3) is 0 Å². The molecule has 0 atom stereocenters. The van der Waals surface area contributed by atoms with Crippen LogP contribution in [0.2, 0.25) is 10.0 Å². The Labute approximate surface area is 144 Å². The Morgan fingerprint density at radius 1 is 1.35 bits per heavy atom. The van der Waals surface area contributed by atoms with E-state index in [2.05, 4.69) is 21.6 Å². The smallest absolute Gasteiger partial charge is 0.164 e. The van der Waals surface area contributed by atoms with Gasteiger partial charge in [0.2, 0.25) is 0 Å². The highest BCUT2D eigenvalue weighted by Gasteiger charge is 2.10. The van der Waals surface area contributed by atoms with Crippen molar-refractivity contribution in [3.05, 3.63) is 56.7 Å². The minimum atomic E-state index is 0.331. The van der Waals surface area contributed by atoms with Crippen molar-refractivity contribution < 1.29 is 4.74 Å². The van der Waals surface area contributed by atoms with Gasteiger partial charge in [0.1, 0.15) is 11.6 Å². The molecule has 1 N–H and O–H groups in total. The summed E-state index contributed by atoms with van der Waals surface area (Å²) in [5.41, 5.74) is 5.50. The van der Waals surface area contributed by atoms with Gasteiger partial charge in [-0.2, -0.15) is 10.4 Å². The van der Waals surface area contributed by atoms with Crippen LogP contribution in [-0.2, 0) is 11.3 Å². The number of pyridine rings is 1. The second kappa shape index (κ2) is 7.93. The molecule has 2 rings (SSSR count). The number of hydrazone groups is 1. The molecular formula is C16H14Cl2N4O. The summed E-state index contributed by atoms with van der Waals surface area (Å²) in [5, 5.41) is 14.4. The summed E-state index contributed by atoms with van der Waals surface area (Å²) >= 11 is 11.8. The molecule has 0 fully saturated rings. The zero-order valence-corrected chi connectivity index (χ0v) is 14.1. The molecule has 2 aromatic rings. The lowest BCUT2D eigenvalue weighted by atomic mass is 10.1. The number of benzene rings is 1. The first kappa shape index (κ1) is 17.2. The maximum Gasteiger partial charge on any atom is 0.164 e. The summed E-state index contributed by atoms with van der Waals surface area (Å²) in [6.07, 6.45) is 1.57. The van der Waals surface area contributed by atoms with Crippen molar-refractivity contribution in [1.29, 1.82) is 5.26 Å². The molecule has 5 nitrogen and oxygen atoms in total. The third-order valence-corrected chi connectivity index (χ3v) is 3.71. The monoisotopic (exact) mass is 348 g/mol. The van der Waals surface area contributed by atoms with Gasteiger partial charge in [0.05, 0.1) is 22.9 Å². The van der Waals surface area contributed by atoms with E-state index in [-0.39, 0.29) is 0 Å². The molecule has 1 aromatic heterocycles. The Bertz CT molecular complexity index is 784. The Morgan fingerprint density at radius 2 is 2.13 bits per heavy atom. The Hall–Kier alpha value is -2.13. The normalized spacial score (nSPS) is 10.7. The minimum absolute atomic E-state index is 0.331. The quantitative estimate of drug-likeness (QED) is 0.650. The van der Waals surface area contributed by atoms with E-state index in [9.17, 15) is 5.26 Å². The van der Waals surface area contributed by atoms with Crippen LogP contribution in [0.3, 0.4) is 0 Å². The maximum atomic E-state index is 9.33. The molecule has 0 saturated heterocycles. The van der Waals surface area contributed by atoms with Gasteiger partial charge in [-0.1, -0.05) is 29.3 Å². The van der Waals surface area contributed by atoms with Crippen LogP contribution in [0.25, 0.3) is 0 Å². The molecule has 0 aliphatic rings. The molecule has 1 aromatic carbocycles. The van der Waals surface area contributed by atoms with Gasteiger partial charge in [-0.05, 0) is 30.7 Å². The molecule has 7 heteroatoms. The van der Waals surface area contributed by atoms with E-state index in [1.807, 2.05) is 13.0 Å². The zero-order chi connectivity index (χ0) is 16.8. The lowest BCUT2D eigenvalue weighted by molar-refractivity contribution is 0.184. The van der Waals surface area contributed by atoms with Crippen LogP contribution in [0.5, 0.6) is 0 Å². The van der Waals surface area contributed by atoms with Crippen LogP contribution >= 0.6 is 23.2 Å². The summed E-state index contributed by atoms with van der Waals surface area (Å²) in [4.78, 5) is 4.30. The van der Waals surface area contributed by atoms with Crippen LogP contribution in [0.1, 0.15) is 22.4 Å². The number of ether oxygens (including phenoxy) is 1. The number of aromatic nitrogens is 1. The SMILES string of the molecule is COCc1cc(C)nc(NN=Cc2ccc(Cl)c(Cl)c2)c1C#N. The van der Waals surface area contributed by atoms with Crippen molar-refractivity contribution in [1.82, 2.24) is 4.98 Å². The average Bonchev–Trinajstić information content (AvgIpc) is 2.51. The van der Waals surface area contributed by atoms with Gasteiger partial charge in [-0.25, -0.2) is 4.98 Å². The first-order valence-corrected chi connectivity index (χ1v) is 7.44. The van der Waals surface area contributed by atoms with E-state index >= 15 is 0 Å². The van der Waals surface area contributed by atoms with Crippen molar-refractivity contribution in [2.24, 2.45) is 5.10 Å². The Morgan fingerprint density at radius 3 is 2.78 bits per heavy atom. The number of hydrogen-bond donors (Lipinski definition) is 1. The fourth-order valence-corrected chi connectivity index (χ4v) is 2.28. The van der Waals surface area contributed by atoms with Crippen molar-refractivity contribution in [2.45, 2.75) is 13.5 Å². The van der Waals surface area contributed by atoms with Gasteiger partial charge in [-0.15, -0.1) is 0 Å². The van der Waals surface area contributed by atoms with Crippen LogP contribution in [0.15, 0.2) is 29.4 Å². The van der Waals surface area contributed by atoms with E-state index in [1.165, 1.54) is 0 Å². The van der Waals surface area contributed by atoms with Gasteiger partial charge >= 0.3 is 0 Å². The molecule has 0 spiro atoms. The second-order valence-electron chi connectivity index (χ2n) is 4.73. The van der Waals surface area contributed by atoms with E-state index in [1.54, 1.807) is 31.5 Å². The van der Waals surface area contributed by atoms with Gasteiger partial charge in [-0.3, -0.25) is 5.43 Å². The Balaban J connectivity index is 2.24. The van der Waals surface area contributed by atoms with Crippen LogP contribution in [-0.4, -0.2) is 18.3 Å². The fraction of sp³-hybridized carbons (Fsp3) is 0.188. The highest BCUT2D eigenvalue weighted by Crippen LogP contribution is 2.22. The molecule has 0 amide bonds. The molecule has 0 bridgehead atoms. The van der Waals surface area contributed by atoms with Crippen molar-refractivity contribution in [3.8, 4) is 6.07 Å². The largest absolute Gasteiger partial charge is 0.380 e. The van der Waals surface area contributed by atoms with Crippen molar-refractivity contribution in [3.63, 3.8) is 0 Å². The molecule has 118 valence electrons. The summed E-state index contributed by atoms with van der Waals surface area (Å²) in [7, 11) is 1.58. The lowest BCUT2D eigenvalue weighted by Crippen LogP contribution is -2.03. The first-order chi connectivity index (χ1) is 11.0. The molecule has 0 aliphatic heterocycles. The summed E-state index contributed by atoms with van der Waals surface area (Å²) in [6.45, 7) is 2.17.